The summed E-state index contributed by atoms with van der Waals surface area (Å²) in [4.78, 5) is 0. The third kappa shape index (κ3) is 5.11. The average molecular weight is 311 g/mol. The van der Waals surface area contributed by atoms with Gasteiger partial charge in [0.05, 0.1) is 6.61 Å². The lowest BCUT2D eigenvalue weighted by Crippen LogP contribution is -2.16. The Hall–Kier alpha value is -1.80. The highest BCUT2D eigenvalue weighted by Crippen LogP contribution is 2.25. The lowest BCUT2D eigenvalue weighted by molar-refractivity contribution is 0.298. The lowest BCUT2D eigenvalue weighted by atomic mass is 9.85. The fourth-order valence-corrected chi connectivity index (χ4v) is 2.63. The van der Waals surface area contributed by atoms with E-state index in [9.17, 15) is 0 Å². The number of aryl methyl sites for hydroxylation is 1. The molecule has 2 rings (SSSR count). The largest absolute Gasteiger partial charge is 0.494 e. The summed E-state index contributed by atoms with van der Waals surface area (Å²) >= 11 is 0. The van der Waals surface area contributed by atoms with Crippen molar-refractivity contribution in [1.29, 1.82) is 0 Å². The first-order valence-electron chi connectivity index (χ1n) is 8.40. The molecule has 1 unspecified atom stereocenters. The van der Waals surface area contributed by atoms with E-state index in [0.717, 1.165) is 12.2 Å². The Bertz CT molecular complexity index is 593. The highest BCUT2D eigenvalue weighted by Gasteiger charge is 2.15. The molecule has 23 heavy (non-hydrogen) atoms. The summed E-state index contributed by atoms with van der Waals surface area (Å²) in [6.45, 7) is 10.1. The van der Waals surface area contributed by atoms with Crippen LogP contribution in [0, 0.1) is 6.92 Å². The molecule has 0 aromatic heterocycles. The van der Waals surface area contributed by atoms with Crippen LogP contribution in [0.3, 0.4) is 0 Å². The fraction of sp³-hybridized carbons (Fsp3) is 0.429. The second kappa shape index (κ2) is 7.65. The number of nitrogens with two attached hydrogens (primary N) is 1. The molecule has 2 heteroatoms. The molecule has 0 bridgehead atoms. The standard InChI is InChI=1S/C21H29NO/c1-16-5-11-20(12-6-16)23-14-13-18(15-22)17-7-9-19(10-8-17)21(2,3)4/h5-12,18H,13-15,22H2,1-4H3. The van der Waals surface area contributed by atoms with Gasteiger partial charge in [-0.1, -0.05) is 62.7 Å². The molecule has 0 fully saturated rings. The minimum atomic E-state index is 0.186. The third-order valence-corrected chi connectivity index (χ3v) is 4.29. The molecular formula is C21H29NO. The van der Waals surface area contributed by atoms with Gasteiger partial charge in [-0.25, -0.2) is 0 Å². The molecular weight excluding hydrogens is 282 g/mol. The van der Waals surface area contributed by atoms with E-state index in [1.54, 1.807) is 0 Å². The first kappa shape index (κ1) is 17.6. The van der Waals surface area contributed by atoms with Gasteiger partial charge in [0.2, 0.25) is 0 Å². The number of rotatable bonds is 6. The predicted octanol–water partition coefficient (Wildman–Crippen LogP) is 4.80. The molecule has 2 aromatic carbocycles. The topological polar surface area (TPSA) is 35.2 Å². The van der Waals surface area contributed by atoms with Gasteiger partial charge in [0.15, 0.2) is 0 Å². The van der Waals surface area contributed by atoms with Crippen LogP contribution in [0.2, 0.25) is 0 Å². The van der Waals surface area contributed by atoms with Crippen molar-refractivity contribution in [3.63, 3.8) is 0 Å². The SMILES string of the molecule is Cc1ccc(OCCC(CN)c2ccc(C(C)(C)C)cc2)cc1. The Labute approximate surface area is 140 Å². The summed E-state index contributed by atoms with van der Waals surface area (Å²) in [5.74, 6) is 1.27. The van der Waals surface area contributed by atoms with Crippen LogP contribution < -0.4 is 10.5 Å². The quantitative estimate of drug-likeness (QED) is 0.831. The summed E-state index contributed by atoms with van der Waals surface area (Å²) in [6, 6.07) is 17.0. The van der Waals surface area contributed by atoms with E-state index in [1.807, 2.05) is 12.1 Å². The van der Waals surface area contributed by atoms with Gasteiger partial charge in [-0.05, 0) is 54.5 Å². The number of benzene rings is 2. The van der Waals surface area contributed by atoms with Gasteiger partial charge >= 0.3 is 0 Å². The molecule has 0 amide bonds. The normalized spacial score (nSPS) is 12.9. The van der Waals surface area contributed by atoms with Crippen molar-refractivity contribution in [2.45, 2.75) is 45.4 Å². The average Bonchev–Trinajstić information content (AvgIpc) is 2.53. The van der Waals surface area contributed by atoms with E-state index in [2.05, 4.69) is 64.1 Å². The molecule has 0 heterocycles. The van der Waals surface area contributed by atoms with E-state index in [-0.39, 0.29) is 5.41 Å². The van der Waals surface area contributed by atoms with E-state index < -0.39 is 0 Å². The van der Waals surface area contributed by atoms with Gasteiger partial charge in [-0.15, -0.1) is 0 Å². The molecule has 0 saturated heterocycles. The van der Waals surface area contributed by atoms with Crippen molar-refractivity contribution in [2.24, 2.45) is 5.73 Å². The maximum absolute atomic E-state index is 5.97. The van der Waals surface area contributed by atoms with E-state index in [1.165, 1.54) is 16.7 Å². The van der Waals surface area contributed by atoms with Crippen LogP contribution in [0.4, 0.5) is 0 Å². The zero-order valence-electron chi connectivity index (χ0n) is 14.8. The van der Waals surface area contributed by atoms with Gasteiger partial charge in [0, 0.05) is 0 Å². The first-order valence-corrected chi connectivity index (χ1v) is 8.40. The summed E-state index contributed by atoms with van der Waals surface area (Å²) < 4.78 is 5.84. The molecule has 0 radical (unpaired) electrons. The predicted molar refractivity (Wildman–Crippen MR) is 98.2 cm³/mol. The molecule has 0 aliphatic rings. The first-order chi connectivity index (χ1) is 10.9. The van der Waals surface area contributed by atoms with E-state index in [4.69, 9.17) is 10.5 Å². The van der Waals surface area contributed by atoms with Crippen molar-refractivity contribution in [2.75, 3.05) is 13.2 Å². The molecule has 124 valence electrons. The van der Waals surface area contributed by atoms with Gasteiger partial charge in [-0.3, -0.25) is 0 Å². The Kier molecular flexibility index (Phi) is 5.84. The highest BCUT2D eigenvalue weighted by molar-refractivity contribution is 5.30. The van der Waals surface area contributed by atoms with Gasteiger partial charge in [0.25, 0.3) is 0 Å². The monoisotopic (exact) mass is 311 g/mol. The molecule has 0 aliphatic heterocycles. The van der Waals surface area contributed by atoms with Crippen LogP contribution in [0.15, 0.2) is 48.5 Å². The van der Waals surface area contributed by atoms with Crippen molar-refractivity contribution in [3.05, 3.63) is 65.2 Å². The Morgan fingerprint density at radius 2 is 1.57 bits per heavy atom. The van der Waals surface area contributed by atoms with Crippen molar-refractivity contribution in [3.8, 4) is 5.75 Å². The number of ether oxygens (including phenoxy) is 1. The lowest BCUT2D eigenvalue weighted by Gasteiger charge is -2.21. The van der Waals surface area contributed by atoms with Crippen LogP contribution in [0.5, 0.6) is 5.75 Å². The summed E-state index contributed by atoms with van der Waals surface area (Å²) in [6.07, 6.45) is 0.930. The van der Waals surface area contributed by atoms with Crippen molar-refractivity contribution >= 4 is 0 Å². The summed E-state index contributed by atoms with van der Waals surface area (Å²) in [7, 11) is 0. The van der Waals surface area contributed by atoms with Gasteiger partial charge in [-0.2, -0.15) is 0 Å². The summed E-state index contributed by atoms with van der Waals surface area (Å²) in [5.41, 5.74) is 10.1. The molecule has 0 saturated carbocycles. The van der Waals surface area contributed by atoms with E-state index >= 15 is 0 Å². The summed E-state index contributed by atoms with van der Waals surface area (Å²) in [5, 5.41) is 0. The molecule has 2 nitrogen and oxygen atoms in total. The second-order valence-electron chi connectivity index (χ2n) is 7.25. The Balaban J connectivity index is 1.93. The van der Waals surface area contributed by atoms with E-state index in [0.29, 0.717) is 19.1 Å². The van der Waals surface area contributed by atoms with Gasteiger partial charge < -0.3 is 10.5 Å². The van der Waals surface area contributed by atoms with Crippen LogP contribution in [-0.4, -0.2) is 13.2 Å². The van der Waals surface area contributed by atoms with Crippen LogP contribution >= 0.6 is 0 Å². The molecule has 1 atom stereocenters. The van der Waals surface area contributed by atoms with Crippen LogP contribution in [0.25, 0.3) is 0 Å². The van der Waals surface area contributed by atoms with Gasteiger partial charge in [0.1, 0.15) is 5.75 Å². The smallest absolute Gasteiger partial charge is 0.119 e. The molecule has 0 spiro atoms. The van der Waals surface area contributed by atoms with Crippen molar-refractivity contribution in [1.82, 2.24) is 0 Å². The second-order valence-corrected chi connectivity index (χ2v) is 7.25. The van der Waals surface area contributed by atoms with Crippen LogP contribution in [0.1, 0.15) is 49.8 Å². The minimum absolute atomic E-state index is 0.186. The highest BCUT2D eigenvalue weighted by atomic mass is 16.5. The zero-order valence-corrected chi connectivity index (χ0v) is 14.8. The Morgan fingerprint density at radius 3 is 2.09 bits per heavy atom. The fourth-order valence-electron chi connectivity index (χ4n) is 2.63. The number of hydrogen-bond donors (Lipinski definition) is 1. The molecule has 2 N–H and O–H groups in total. The third-order valence-electron chi connectivity index (χ3n) is 4.29. The molecule has 2 aromatic rings. The van der Waals surface area contributed by atoms with Crippen LogP contribution in [-0.2, 0) is 5.41 Å². The maximum atomic E-state index is 5.97. The van der Waals surface area contributed by atoms with Crippen molar-refractivity contribution < 1.29 is 4.74 Å². The number of hydrogen-bond acceptors (Lipinski definition) is 2. The Morgan fingerprint density at radius 1 is 0.957 bits per heavy atom. The maximum Gasteiger partial charge on any atom is 0.119 e. The minimum Gasteiger partial charge on any atom is -0.494 e. The molecule has 0 aliphatic carbocycles. The zero-order chi connectivity index (χ0) is 16.9.